The number of halogens is 1. The lowest BCUT2D eigenvalue weighted by molar-refractivity contribution is -0.114. The Bertz CT molecular complexity index is 1600. The second-order valence-electron chi connectivity index (χ2n) is 8.84. The van der Waals surface area contributed by atoms with Crippen molar-refractivity contribution in [3.63, 3.8) is 0 Å². The van der Waals surface area contributed by atoms with E-state index in [0.29, 0.717) is 5.75 Å². The topological polar surface area (TPSA) is 105 Å². The minimum atomic E-state index is -4.16. The molecule has 4 rings (SSSR count). The third-order valence-corrected chi connectivity index (χ3v) is 8.22. The third kappa shape index (κ3) is 6.62. The second-order valence-corrected chi connectivity index (χ2v) is 11.1. The van der Waals surface area contributed by atoms with E-state index in [0.717, 1.165) is 9.87 Å². The summed E-state index contributed by atoms with van der Waals surface area (Å²) in [6.07, 6.45) is 0. The predicted molar refractivity (Wildman–Crippen MR) is 156 cm³/mol. The molecule has 0 heterocycles. The van der Waals surface area contributed by atoms with E-state index in [1.807, 2.05) is 37.3 Å². The van der Waals surface area contributed by atoms with Crippen molar-refractivity contribution in [1.29, 1.82) is 0 Å². The van der Waals surface area contributed by atoms with Crippen LogP contribution in [0.25, 0.3) is 0 Å². The summed E-state index contributed by atoms with van der Waals surface area (Å²) < 4.78 is 33.4. The lowest BCUT2D eigenvalue weighted by Gasteiger charge is -2.25. The molecule has 4 aromatic carbocycles. The summed E-state index contributed by atoms with van der Waals surface area (Å²) in [5.74, 6) is -0.678. The molecule has 2 amide bonds. The Kier molecular flexibility index (Phi) is 9.08. The van der Waals surface area contributed by atoms with Crippen LogP contribution in [0.15, 0.2) is 108 Å². The number of carbonyl (C=O) groups excluding carboxylic acids is 2. The average Bonchev–Trinajstić information content (AvgIpc) is 2.97. The number of nitrogens with zero attached hydrogens (tertiary/aromatic N) is 1. The van der Waals surface area contributed by atoms with Crippen LogP contribution in [0.5, 0.6) is 5.75 Å². The molecule has 2 N–H and O–H groups in total. The zero-order chi connectivity index (χ0) is 28.7. The highest BCUT2D eigenvalue weighted by Crippen LogP contribution is 2.32. The molecule has 0 aliphatic carbocycles. The average molecular weight is 578 g/mol. The Morgan fingerprint density at radius 1 is 0.900 bits per heavy atom. The van der Waals surface area contributed by atoms with Gasteiger partial charge in [-0.25, -0.2) is 8.42 Å². The van der Waals surface area contributed by atoms with Gasteiger partial charge in [0.1, 0.15) is 12.3 Å². The molecule has 8 nitrogen and oxygen atoms in total. The van der Waals surface area contributed by atoms with Gasteiger partial charge in [0.15, 0.2) is 0 Å². The van der Waals surface area contributed by atoms with Crippen molar-refractivity contribution in [2.45, 2.75) is 17.9 Å². The van der Waals surface area contributed by atoms with Crippen molar-refractivity contribution < 1.29 is 22.7 Å². The van der Waals surface area contributed by atoms with Gasteiger partial charge in [-0.15, -0.1) is 0 Å². The Hall–Kier alpha value is -4.34. The molecule has 0 radical (unpaired) electrons. The first-order valence-corrected chi connectivity index (χ1v) is 14.2. The first-order chi connectivity index (χ1) is 19.2. The SMILES string of the molecule is COc1ccc(N(CC(=O)Nc2ccccc2C(=O)N[C@@H](C)c2ccccc2)S(=O)(=O)c2ccccc2)cc1Cl. The Morgan fingerprint density at radius 3 is 2.17 bits per heavy atom. The molecule has 10 heteroatoms. The molecule has 40 heavy (non-hydrogen) atoms. The molecule has 0 aliphatic heterocycles. The van der Waals surface area contributed by atoms with Gasteiger partial charge in [0, 0.05) is 0 Å². The van der Waals surface area contributed by atoms with E-state index in [1.54, 1.807) is 42.5 Å². The van der Waals surface area contributed by atoms with Gasteiger partial charge in [0.2, 0.25) is 5.91 Å². The number of nitrogens with one attached hydrogen (secondary N) is 2. The van der Waals surface area contributed by atoms with E-state index in [9.17, 15) is 18.0 Å². The molecule has 0 bridgehead atoms. The van der Waals surface area contributed by atoms with Crippen LogP contribution in [-0.4, -0.2) is 33.9 Å². The Balaban J connectivity index is 1.60. The summed E-state index contributed by atoms with van der Waals surface area (Å²) in [6, 6.07) is 28.0. The predicted octanol–water partition coefficient (Wildman–Crippen LogP) is 5.67. The fourth-order valence-corrected chi connectivity index (χ4v) is 5.74. The maximum absolute atomic E-state index is 13.6. The molecule has 0 aromatic heterocycles. The quantitative estimate of drug-likeness (QED) is 0.252. The maximum Gasteiger partial charge on any atom is 0.264 e. The Morgan fingerprint density at radius 2 is 1.52 bits per heavy atom. The number of hydrogen-bond donors (Lipinski definition) is 2. The second kappa shape index (κ2) is 12.7. The number of rotatable bonds is 10. The number of methoxy groups -OCH3 is 1. The van der Waals surface area contributed by atoms with Gasteiger partial charge in [0.05, 0.1) is 40.0 Å². The van der Waals surface area contributed by atoms with Crippen molar-refractivity contribution in [3.05, 3.63) is 119 Å². The van der Waals surface area contributed by atoms with Crippen LogP contribution in [0, 0.1) is 0 Å². The third-order valence-electron chi connectivity index (χ3n) is 6.13. The molecular formula is C30H28ClN3O5S. The summed E-state index contributed by atoms with van der Waals surface area (Å²) in [5, 5.41) is 5.82. The number of benzene rings is 4. The van der Waals surface area contributed by atoms with Gasteiger partial charge >= 0.3 is 0 Å². The van der Waals surface area contributed by atoms with Crippen LogP contribution < -0.4 is 19.7 Å². The van der Waals surface area contributed by atoms with E-state index in [1.165, 1.54) is 37.4 Å². The molecule has 1 atom stereocenters. The minimum absolute atomic E-state index is 0.00409. The number of carbonyl (C=O) groups is 2. The zero-order valence-corrected chi connectivity index (χ0v) is 23.4. The van der Waals surface area contributed by atoms with Crippen molar-refractivity contribution in [2.24, 2.45) is 0 Å². The molecule has 206 valence electrons. The smallest absolute Gasteiger partial charge is 0.264 e. The highest BCUT2D eigenvalue weighted by molar-refractivity contribution is 7.92. The number of hydrogen-bond acceptors (Lipinski definition) is 5. The number of amides is 2. The first kappa shape index (κ1) is 28.7. The largest absolute Gasteiger partial charge is 0.495 e. The van der Waals surface area contributed by atoms with E-state index >= 15 is 0 Å². The standard InChI is InChI=1S/C30H28ClN3O5S/c1-21(22-11-5-3-6-12-22)32-30(36)25-15-9-10-16-27(25)33-29(35)20-34(23-17-18-28(39-2)26(31)19-23)40(37,38)24-13-7-4-8-14-24/h3-19,21H,20H2,1-2H3,(H,32,36)(H,33,35)/t21-/m0/s1. The fourth-order valence-electron chi connectivity index (χ4n) is 4.05. The highest BCUT2D eigenvalue weighted by Gasteiger charge is 2.28. The van der Waals surface area contributed by atoms with Gasteiger partial charge in [-0.3, -0.25) is 13.9 Å². The summed E-state index contributed by atoms with van der Waals surface area (Å²) in [6.45, 7) is 1.29. The van der Waals surface area contributed by atoms with E-state index < -0.39 is 22.5 Å². The Labute approximate surface area is 238 Å². The zero-order valence-electron chi connectivity index (χ0n) is 21.9. The number of para-hydroxylation sites is 1. The normalized spacial score (nSPS) is 11.8. The van der Waals surface area contributed by atoms with Crippen molar-refractivity contribution in [3.8, 4) is 5.75 Å². The van der Waals surface area contributed by atoms with Gasteiger partial charge in [0.25, 0.3) is 15.9 Å². The monoisotopic (exact) mass is 577 g/mol. The number of sulfonamides is 1. The maximum atomic E-state index is 13.6. The van der Waals surface area contributed by atoms with Crippen molar-refractivity contribution in [2.75, 3.05) is 23.3 Å². The van der Waals surface area contributed by atoms with Crippen LogP contribution in [-0.2, 0) is 14.8 Å². The van der Waals surface area contributed by atoms with Gasteiger partial charge < -0.3 is 15.4 Å². The van der Waals surface area contributed by atoms with E-state index in [2.05, 4.69) is 10.6 Å². The van der Waals surface area contributed by atoms with E-state index in [4.69, 9.17) is 16.3 Å². The number of ether oxygens (including phenoxy) is 1. The molecule has 0 spiro atoms. The first-order valence-electron chi connectivity index (χ1n) is 12.4. The molecule has 0 unspecified atom stereocenters. The van der Waals surface area contributed by atoms with Gasteiger partial charge in [-0.1, -0.05) is 72.3 Å². The fraction of sp³-hybridized carbons (Fsp3) is 0.133. The van der Waals surface area contributed by atoms with Crippen molar-refractivity contribution >= 4 is 44.8 Å². The molecule has 0 saturated carbocycles. The van der Waals surface area contributed by atoms with Crippen LogP contribution in [0.2, 0.25) is 5.02 Å². The summed E-state index contributed by atoms with van der Waals surface area (Å²) in [5.41, 5.74) is 1.59. The van der Waals surface area contributed by atoms with E-state index in [-0.39, 0.29) is 38.8 Å². The van der Waals surface area contributed by atoms with Crippen molar-refractivity contribution in [1.82, 2.24) is 5.32 Å². The lowest BCUT2D eigenvalue weighted by atomic mass is 10.1. The minimum Gasteiger partial charge on any atom is -0.495 e. The van der Waals surface area contributed by atoms with Gasteiger partial charge in [-0.05, 0) is 55.0 Å². The van der Waals surface area contributed by atoms with Crippen LogP contribution in [0.4, 0.5) is 11.4 Å². The summed E-state index contributed by atoms with van der Waals surface area (Å²) in [4.78, 5) is 26.4. The van der Waals surface area contributed by atoms with Crippen LogP contribution >= 0.6 is 11.6 Å². The molecule has 0 saturated heterocycles. The summed E-state index contributed by atoms with van der Waals surface area (Å²) >= 11 is 6.29. The highest BCUT2D eigenvalue weighted by atomic mass is 35.5. The van der Waals surface area contributed by atoms with Gasteiger partial charge in [-0.2, -0.15) is 0 Å². The van der Waals surface area contributed by atoms with Crippen LogP contribution in [0.3, 0.4) is 0 Å². The van der Waals surface area contributed by atoms with Crippen LogP contribution in [0.1, 0.15) is 28.9 Å². The molecule has 4 aromatic rings. The molecule has 0 fully saturated rings. The summed E-state index contributed by atoms with van der Waals surface area (Å²) in [7, 11) is -2.71. The molecular weight excluding hydrogens is 550 g/mol. The number of anilines is 2. The lowest BCUT2D eigenvalue weighted by Crippen LogP contribution is -2.38. The molecule has 0 aliphatic rings.